The number of dihydropyridines is 1. The van der Waals surface area contributed by atoms with Gasteiger partial charge in [-0.2, -0.15) is 0 Å². The van der Waals surface area contributed by atoms with Gasteiger partial charge in [-0.15, -0.1) is 0 Å². The molecular formula is C29H30BrNO6. The number of esters is 2. The first-order chi connectivity index (χ1) is 17.8. The van der Waals surface area contributed by atoms with Gasteiger partial charge in [0.1, 0.15) is 11.7 Å². The van der Waals surface area contributed by atoms with E-state index in [1.54, 1.807) is 27.9 Å². The van der Waals surface area contributed by atoms with E-state index in [0.717, 1.165) is 15.6 Å². The Morgan fingerprint density at radius 1 is 1.05 bits per heavy atom. The lowest BCUT2D eigenvalue weighted by atomic mass is 9.67. The Kier molecular flexibility index (Phi) is 8.17. The number of carbonyl (C=O) groups is 3. The van der Waals surface area contributed by atoms with E-state index in [1.807, 2.05) is 48.5 Å². The number of ether oxygens (including phenoxy) is 3. The smallest absolute Gasteiger partial charge is 0.336 e. The van der Waals surface area contributed by atoms with Crippen LogP contribution in [0.2, 0.25) is 0 Å². The zero-order chi connectivity index (χ0) is 26.7. The molecule has 0 saturated carbocycles. The van der Waals surface area contributed by atoms with Crippen molar-refractivity contribution < 1.29 is 28.6 Å². The van der Waals surface area contributed by atoms with Gasteiger partial charge in [-0.05, 0) is 56.5 Å². The molecule has 2 aliphatic rings. The van der Waals surface area contributed by atoms with E-state index in [1.165, 1.54) is 0 Å². The van der Waals surface area contributed by atoms with Crippen molar-refractivity contribution in [2.24, 2.45) is 5.92 Å². The highest BCUT2D eigenvalue weighted by atomic mass is 79.9. The standard InChI is InChI=1S/C29H30BrNO6/c1-5-36-28(33)23-16(3)31-21-15-20(19-12-7-8-13-22(19)35-4)25(29(34)37-6-2)27(32)26(21)24(23)17-10-9-11-18(30)14-17/h7-14,20,24-25,31H,5-6,15H2,1-4H3/t20-,24+,25-/m0/s1. The van der Waals surface area contributed by atoms with Crippen LogP contribution in [0.15, 0.2) is 75.5 Å². The van der Waals surface area contributed by atoms with Gasteiger partial charge in [-0.3, -0.25) is 9.59 Å². The van der Waals surface area contributed by atoms with E-state index in [0.29, 0.717) is 34.7 Å². The maximum Gasteiger partial charge on any atom is 0.336 e. The fourth-order valence-electron chi connectivity index (χ4n) is 5.30. The predicted octanol–water partition coefficient (Wildman–Crippen LogP) is 5.17. The summed E-state index contributed by atoms with van der Waals surface area (Å²) in [6.45, 7) is 5.60. The average Bonchev–Trinajstić information content (AvgIpc) is 2.87. The summed E-state index contributed by atoms with van der Waals surface area (Å²) >= 11 is 3.51. The predicted molar refractivity (Wildman–Crippen MR) is 142 cm³/mol. The molecule has 0 bridgehead atoms. The van der Waals surface area contributed by atoms with Gasteiger partial charge in [0.05, 0.1) is 25.9 Å². The molecule has 0 fully saturated rings. The lowest BCUT2D eigenvalue weighted by Crippen LogP contribution is -2.43. The minimum Gasteiger partial charge on any atom is -0.496 e. The van der Waals surface area contributed by atoms with E-state index < -0.39 is 29.7 Å². The molecule has 1 heterocycles. The summed E-state index contributed by atoms with van der Waals surface area (Å²) in [6, 6.07) is 14.9. The van der Waals surface area contributed by atoms with Crippen LogP contribution in [0.25, 0.3) is 0 Å². The van der Waals surface area contributed by atoms with Gasteiger partial charge in [0.2, 0.25) is 0 Å². The summed E-state index contributed by atoms with van der Waals surface area (Å²) in [5.41, 5.74) is 3.53. The highest BCUT2D eigenvalue weighted by Gasteiger charge is 2.49. The van der Waals surface area contributed by atoms with Crippen molar-refractivity contribution in [2.45, 2.75) is 39.0 Å². The van der Waals surface area contributed by atoms with Crippen LogP contribution in [0.5, 0.6) is 5.75 Å². The summed E-state index contributed by atoms with van der Waals surface area (Å²) < 4.78 is 17.2. The third kappa shape index (κ3) is 5.07. The molecule has 0 radical (unpaired) electrons. The van der Waals surface area contributed by atoms with Crippen molar-refractivity contribution in [1.82, 2.24) is 5.32 Å². The number of halogens is 1. The molecule has 0 saturated heterocycles. The van der Waals surface area contributed by atoms with Gasteiger partial charge in [0.25, 0.3) is 0 Å². The summed E-state index contributed by atoms with van der Waals surface area (Å²) in [5, 5.41) is 3.31. The van der Waals surface area contributed by atoms with E-state index >= 15 is 0 Å². The van der Waals surface area contributed by atoms with Gasteiger partial charge in [-0.25, -0.2) is 4.79 Å². The number of nitrogens with one attached hydrogen (secondary N) is 1. The van der Waals surface area contributed by atoms with Crippen LogP contribution >= 0.6 is 15.9 Å². The van der Waals surface area contributed by atoms with Crippen LogP contribution in [0.1, 0.15) is 50.2 Å². The third-order valence-electron chi connectivity index (χ3n) is 6.78. The number of allylic oxidation sites excluding steroid dienone is 3. The number of Topliss-reactive ketones (excluding diaryl/α,β-unsaturated/α-hetero) is 1. The van der Waals surface area contributed by atoms with Gasteiger partial charge in [-0.1, -0.05) is 46.3 Å². The monoisotopic (exact) mass is 567 g/mol. The topological polar surface area (TPSA) is 90.9 Å². The molecule has 4 rings (SSSR count). The highest BCUT2D eigenvalue weighted by molar-refractivity contribution is 9.10. The Hall–Kier alpha value is -3.39. The molecule has 1 aliphatic carbocycles. The molecule has 0 amide bonds. The normalized spacial score (nSPS) is 21.2. The van der Waals surface area contributed by atoms with Gasteiger partial charge >= 0.3 is 11.9 Å². The highest BCUT2D eigenvalue weighted by Crippen LogP contribution is 2.49. The van der Waals surface area contributed by atoms with E-state index in [-0.39, 0.29) is 19.0 Å². The van der Waals surface area contributed by atoms with Crippen molar-refractivity contribution >= 4 is 33.7 Å². The molecule has 2 aromatic carbocycles. The number of hydrogen-bond donors (Lipinski definition) is 1. The average molecular weight is 568 g/mol. The fraction of sp³-hybridized carbons (Fsp3) is 0.345. The molecule has 0 unspecified atom stereocenters. The maximum absolute atomic E-state index is 14.3. The summed E-state index contributed by atoms with van der Waals surface area (Å²) in [7, 11) is 1.56. The van der Waals surface area contributed by atoms with Crippen LogP contribution in [-0.4, -0.2) is 38.0 Å². The fourth-order valence-corrected chi connectivity index (χ4v) is 5.72. The minimum absolute atomic E-state index is 0.146. The SMILES string of the molecule is CCOC(=O)C1=C(C)NC2=C(C(=O)[C@@H](C(=O)OCC)[C@H](c3ccccc3OC)C2)[C@@H]1c1cccc(Br)c1. The first kappa shape index (κ1) is 26.7. The summed E-state index contributed by atoms with van der Waals surface area (Å²) in [4.78, 5) is 40.8. The van der Waals surface area contributed by atoms with E-state index in [2.05, 4.69) is 21.2 Å². The largest absolute Gasteiger partial charge is 0.496 e. The zero-order valence-electron chi connectivity index (χ0n) is 21.3. The lowest BCUT2D eigenvalue weighted by Gasteiger charge is -2.39. The molecule has 0 aromatic heterocycles. The van der Waals surface area contributed by atoms with Crippen LogP contribution in [0, 0.1) is 5.92 Å². The van der Waals surface area contributed by atoms with Crippen molar-refractivity contribution in [3.63, 3.8) is 0 Å². The number of para-hydroxylation sites is 1. The molecule has 0 spiro atoms. The Bertz CT molecular complexity index is 1300. The Balaban J connectivity index is 1.92. The molecule has 194 valence electrons. The Morgan fingerprint density at radius 2 is 1.78 bits per heavy atom. The van der Waals surface area contributed by atoms with Gasteiger partial charge in [0, 0.05) is 33.3 Å². The molecule has 2 aromatic rings. The molecule has 8 heteroatoms. The van der Waals surface area contributed by atoms with Gasteiger partial charge in [0.15, 0.2) is 5.78 Å². The van der Waals surface area contributed by atoms with E-state index in [9.17, 15) is 14.4 Å². The third-order valence-corrected chi connectivity index (χ3v) is 7.27. The first-order valence-electron chi connectivity index (χ1n) is 12.3. The number of hydrogen-bond acceptors (Lipinski definition) is 7. The molecule has 1 aliphatic heterocycles. The van der Waals surface area contributed by atoms with E-state index in [4.69, 9.17) is 14.2 Å². The number of benzene rings is 2. The lowest BCUT2D eigenvalue weighted by molar-refractivity contribution is -0.152. The van der Waals surface area contributed by atoms with Crippen LogP contribution in [0.4, 0.5) is 0 Å². The number of carbonyl (C=O) groups excluding carboxylic acids is 3. The number of ketones is 1. The maximum atomic E-state index is 14.3. The van der Waals surface area contributed by atoms with Crippen molar-refractivity contribution in [2.75, 3.05) is 20.3 Å². The van der Waals surface area contributed by atoms with Crippen LogP contribution in [0.3, 0.4) is 0 Å². The van der Waals surface area contributed by atoms with Crippen LogP contribution in [-0.2, 0) is 23.9 Å². The first-order valence-corrected chi connectivity index (χ1v) is 13.1. The quantitative estimate of drug-likeness (QED) is 0.364. The summed E-state index contributed by atoms with van der Waals surface area (Å²) in [5.74, 6) is -3.17. The summed E-state index contributed by atoms with van der Waals surface area (Å²) in [6.07, 6.45) is 0.364. The number of methoxy groups -OCH3 is 1. The van der Waals surface area contributed by atoms with Crippen molar-refractivity contribution in [1.29, 1.82) is 0 Å². The molecule has 7 nitrogen and oxygen atoms in total. The second-order valence-corrected chi connectivity index (χ2v) is 9.83. The molecule has 3 atom stereocenters. The number of rotatable bonds is 7. The van der Waals surface area contributed by atoms with Crippen LogP contribution < -0.4 is 10.1 Å². The molecular weight excluding hydrogens is 538 g/mol. The Morgan fingerprint density at radius 3 is 2.46 bits per heavy atom. The minimum atomic E-state index is -1.09. The molecule has 37 heavy (non-hydrogen) atoms. The zero-order valence-corrected chi connectivity index (χ0v) is 22.9. The van der Waals surface area contributed by atoms with Gasteiger partial charge < -0.3 is 19.5 Å². The molecule has 1 N–H and O–H groups in total. The van der Waals surface area contributed by atoms with Crippen molar-refractivity contribution in [3.8, 4) is 5.75 Å². The second-order valence-electron chi connectivity index (χ2n) is 8.91. The second kappa shape index (κ2) is 11.3. The van der Waals surface area contributed by atoms with Crippen molar-refractivity contribution in [3.05, 3.63) is 86.7 Å². The Labute approximate surface area is 225 Å².